The Bertz CT molecular complexity index is 441. The third-order valence-electron chi connectivity index (χ3n) is 1.76. The Kier molecular flexibility index (Phi) is 5.61. The maximum atomic E-state index is 10.4. The molecule has 1 heterocycles. The number of fused-ring (bicyclic) bond motifs is 1. The molecule has 0 aliphatic rings. The van der Waals surface area contributed by atoms with Gasteiger partial charge in [0.15, 0.2) is 0 Å². The topological polar surface area (TPSA) is 45.8 Å². The number of hydrogen-bond acceptors (Lipinski definition) is 2. The molecule has 3 nitrogen and oxygen atoms in total. The number of benzene rings is 1. The first-order valence-corrected chi connectivity index (χ1v) is 3.71. The van der Waals surface area contributed by atoms with Crippen LogP contribution in [0.4, 0.5) is 0 Å². The zero-order chi connectivity index (χ0) is 8.55. The van der Waals surface area contributed by atoms with E-state index in [2.05, 4.69) is 9.97 Å². The maximum Gasteiger partial charge on any atom is 0.150 e. The van der Waals surface area contributed by atoms with Gasteiger partial charge in [0.1, 0.15) is 12.1 Å². The van der Waals surface area contributed by atoms with Gasteiger partial charge in [0.2, 0.25) is 0 Å². The van der Waals surface area contributed by atoms with E-state index in [1.807, 2.05) is 13.0 Å². The zero-order valence-corrected chi connectivity index (χ0v) is 13.6. The fourth-order valence-corrected chi connectivity index (χ4v) is 1.23. The summed E-state index contributed by atoms with van der Waals surface area (Å²) in [6.45, 7) is 1.89. The van der Waals surface area contributed by atoms with Crippen LogP contribution < -0.4 is 0 Å². The van der Waals surface area contributed by atoms with Gasteiger partial charge in [-0.25, -0.2) is 4.98 Å². The minimum atomic E-state index is 0. The van der Waals surface area contributed by atoms with E-state index in [9.17, 15) is 4.79 Å². The number of aromatic amines is 1. The number of aromatic nitrogens is 2. The summed E-state index contributed by atoms with van der Waals surface area (Å²) in [6.07, 6.45) is 0.829. The molecular formula is C9H8AmN2OY. The third-order valence-corrected chi connectivity index (χ3v) is 1.76. The van der Waals surface area contributed by atoms with E-state index in [0.717, 1.165) is 23.1 Å². The van der Waals surface area contributed by atoms with Gasteiger partial charge in [-0.1, -0.05) is 0 Å². The second kappa shape index (κ2) is 5.67. The van der Waals surface area contributed by atoms with Crippen molar-refractivity contribution in [1.82, 2.24) is 9.97 Å². The molecule has 2 rings (SSSR count). The number of nitrogens with one attached hydrogen (secondary N) is 1. The normalized spacial score (nSPS) is 8.93. The molecule has 5 heteroatoms. The first-order valence-electron chi connectivity index (χ1n) is 3.71. The number of hydrogen-bond donors (Lipinski definition) is 1. The van der Waals surface area contributed by atoms with Crippen molar-refractivity contribution in [3.63, 3.8) is 0 Å². The van der Waals surface area contributed by atoms with E-state index in [-0.39, 0.29) is 47.0 Å². The van der Waals surface area contributed by atoms with E-state index in [1.165, 1.54) is 0 Å². The van der Waals surface area contributed by atoms with Crippen LogP contribution in [0.2, 0.25) is 0 Å². The molecule has 0 amide bonds. The monoisotopic (exact) mass is 490 g/mol. The number of nitrogens with zero attached hydrogens (tertiary/aromatic N) is 1. The van der Waals surface area contributed by atoms with Crippen LogP contribution in [-0.2, 0) is 32.7 Å². The summed E-state index contributed by atoms with van der Waals surface area (Å²) in [4.78, 5) is 17.7. The molecular weight excluding hydrogens is 484 g/mol. The van der Waals surface area contributed by atoms with Crippen molar-refractivity contribution in [2.75, 3.05) is 0 Å². The summed E-state index contributed by atoms with van der Waals surface area (Å²) < 4.78 is 0. The fourth-order valence-electron chi connectivity index (χ4n) is 1.23. The van der Waals surface area contributed by atoms with Gasteiger partial charge >= 0.3 is 0 Å². The van der Waals surface area contributed by atoms with Crippen LogP contribution >= 0.6 is 0 Å². The van der Waals surface area contributed by atoms with Crippen molar-refractivity contribution in [3.8, 4) is 0 Å². The molecule has 0 unspecified atom stereocenters. The summed E-state index contributed by atoms with van der Waals surface area (Å²) in [7, 11) is 0. The number of H-pyrrole nitrogens is 1. The van der Waals surface area contributed by atoms with E-state index in [4.69, 9.17) is 0 Å². The SMILES string of the molecule is Cc1nc2ccc(C=O)cc2[nH]1.[Am].[Y]. The van der Waals surface area contributed by atoms with Gasteiger partial charge in [0, 0.05) is 52.6 Å². The van der Waals surface area contributed by atoms with E-state index >= 15 is 0 Å². The molecule has 0 fully saturated rings. The van der Waals surface area contributed by atoms with Crippen molar-refractivity contribution in [2.45, 2.75) is 6.92 Å². The van der Waals surface area contributed by atoms with Gasteiger partial charge in [0.25, 0.3) is 0 Å². The number of aryl methyl sites for hydroxylation is 1. The second-order valence-electron chi connectivity index (χ2n) is 2.72. The van der Waals surface area contributed by atoms with Crippen LogP contribution in [0.25, 0.3) is 11.0 Å². The Morgan fingerprint density at radius 3 is 2.79 bits per heavy atom. The molecule has 1 N–H and O–H groups in total. The number of imidazole rings is 1. The Hall–Kier alpha value is -0.146. The average Bonchev–Trinajstić information content (AvgIpc) is 2.43. The Balaban J connectivity index is 0.000000845. The molecule has 0 saturated carbocycles. The molecule has 0 aliphatic carbocycles. The molecule has 70 valence electrons. The van der Waals surface area contributed by atoms with E-state index in [1.54, 1.807) is 12.1 Å². The van der Waals surface area contributed by atoms with Gasteiger partial charge in [-0.05, 0) is 25.1 Å². The average molecular weight is 492 g/mol. The van der Waals surface area contributed by atoms with Gasteiger partial charge in [-0.2, -0.15) is 0 Å². The predicted molar refractivity (Wildman–Crippen MR) is 46.2 cm³/mol. The van der Waals surface area contributed by atoms with Gasteiger partial charge in [-0.15, -0.1) is 0 Å². The third kappa shape index (κ3) is 2.67. The summed E-state index contributed by atoms with van der Waals surface area (Å²) >= 11 is 0. The quantitative estimate of drug-likeness (QED) is 0.617. The minimum Gasteiger partial charge on any atom is -0.342 e. The first kappa shape index (κ1) is 13.9. The Morgan fingerprint density at radius 2 is 2.14 bits per heavy atom. The van der Waals surface area contributed by atoms with E-state index in [0.29, 0.717) is 5.56 Å². The zero-order valence-electron chi connectivity index (χ0n) is 7.62. The molecule has 2 aromatic rings. The fraction of sp³-hybridized carbons (Fsp3) is 0.111. The van der Waals surface area contributed by atoms with Crippen molar-refractivity contribution < 1.29 is 51.8 Å². The minimum absolute atomic E-state index is 0. The molecule has 1 aromatic heterocycles. The Labute approximate surface area is 115 Å². The first-order chi connectivity index (χ1) is 5.79. The van der Waals surface area contributed by atoms with Crippen LogP contribution in [0.3, 0.4) is 0 Å². The second-order valence-corrected chi connectivity index (χ2v) is 2.72. The molecule has 0 saturated heterocycles. The largest absolute Gasteiger partial charge is 0.342 e. The van der Waals surface area contributed by atoms with Crippen molar-refractivity contribution >= 4 is 17.3 Å². The van der Waals surface area contributed by atoms with Crippen LogP contribution in [0.1, 0.15) is 16.2 Å². The van der Waals surface area contributed by atoms with Crippen molar-refractivity contribution in [2.24, 2.45) is 0 Å². The van der Waals surface area contributed by atoms with Gasteiger partial charge in [-0.3, -0.25) is 4.79 Å². The van der Waals surface area contributed by atoms with Crippen LogP contribution in [-0.4, -0.2) is 16.3 Å². The molecule has 0 aliphatic heterocycles. The van der Waals surface area contributed by atoms with E-state index < -0.39 is 0 Å². The summed E-state index contributed by atoms with van der Waals surface area (Å²) in [5.41, 5.74) is 2.49. The maximum absolute atomic E-state index is 10.4. The molecule has 0 atom stereocenters. The number of carbonyl (C=O) groups is 1. The van der Waals surface area contributed by atoms with Gasteiger partial charge < -0.3 is 4.98 Å². The molecule has 14 heavy (non-hydrogen) atoms. The number of rotatable bonds is 1. The molecule has 1 aromatic carbocycles. The van der Waals surface area contributed by atoms with Crippen LogP contribution in [0, 0.1) is 21.2 Å². The Morgan fingerprint density at radius 1 is 1.43 bits per heavy atom. The standard InChI is InChI=1S/C9H8N2O.Am.Y/c1-6-10-8-3-2-7(5-12)4-9(8)11-6;;/h2-5H,1H3,(H,10,11);;. The van der Waals surface area contributed by atoms with Crippen LogP contribution in [0.5, 0.6) is 0 Å². The summed E-state index contributed by atoms with van der Waals surface area (Å²) in [5, 5.41) is 0. The summed E-state index contributed by atoms with van der Waals surface area (Å²) in [6, 6.07) is 5.39. The number of aldehydes is 1. The predicted octanol–water partition coefficient (Wildman–Crippen LogP) is 1.68. The molecule has 2 radical (unpaired) electrons. The van der Waals surface area contributed by atoms with Crippen molar-refractivity contribution in [1.29, 1.82) is 0 Å². The molecule has 0 spiro atoms. The van der Waals surface area contributed by atoms with Crippen LogP contribution in [0.15, 0.2) is 18.2 Å². The summed E-state index contributed by atoms with van der Waals surface area (Å²) in [5.74, 6) is 0.869. The van der Waals surface area contributed by atoms with Gasteiger partial charge in [0.05, 0.1) is 11.0 Å². The molecule has 0 bridgehead atoms. The smallest absolute Gasteiger partial charge is 0.150 e. The van der Waals surface area contributed by atoms with Crippen molar-refractivity contribution in [3.05, 3.63) is 29.6 Å². The number of carbonyl (C=O) groups excluding carboxylic acids is 1.